The van der Waals surface area contributed by atoms with Crippen molar-refractivity contribution in [1.29, 1.82) is 0 Å². The van der Waals surface area contributed by atoms with Crippen molar-refractivity contribution >= 4 is 33.7 Å². The molecule has 1 aliphatic carbocycles. The van der Waals surface area contributed by atoms with Crippen LogP contribution in [0.5, 0.6) is 0 Å². The predicted molar refractivity (Wildman–Crippen MR) is 119 cm³/mol. The van der Waals surface area contributed by atoms with E-state index in [0.29, 0.717) is 18.7 Å². The summed E-state index contributed by atoms with van der Waals surface area (Å²) in [5, 5.41) is 13.1. The third-order valence-corrected chi connectivity index (χ3v) is 7.97. The molecule has 12 heteroatoms. The van der Waals surface area contributed by atoms with Crippen molar-refractivity contribution in [2.45, 2.75) is 55.7 Å². The minimum absolute atomic E-state index is 0.0733. The van der Waals surface area contributed by atoms with E-state index in [1.165, 1.54) is 16.4 Å². The largest absolute Gasteiger partial charge is 0.411 e. The summed E-state index contributed by atoms with van der Waals surface area (Å²) in [5.74, 6) is -0.406. The highest BCUT2D eigenvalue weighted by atomic mass is 32.2. The van der Waals surface area contributed by atoms with Crippen molar-refractivity contribution in [3.63, 3.8) is 0 Å². The molecule has 0 unspecified atom stereocenters. The molecule has 3 rings (SSSR count). The van der Waals surface area contributed by atoms with Gasteiger partial charge in [-0.3, -0.25) is 10.1 Å². The third-order valence-electron chi connectivity index (χ3n) is 5.10. The number of imide groups is 1. The number of nitrogens with zero attached hydrogens (tertiary/aromatic N) is 3. The number of urea groups is 1. The molecule has 1 heterocycles. The summed E-state index contributed by atoms with van der Waals surface area (Å²) in [6, 6.07) is 5.90. The molecule has 0 saturated heterocycles. The maximum atomic E-state index is 12.7. The molecule has 32 heavy (non-hydrogen) atoms. The second kappa shape index (κ2) is 10.9. The molecule has 2 N–H and O–H groups in total. The summed E-state index contributed by atoms with van der Waals surface area (Å²) in [6.07, 6.45) is 4.02. The van der Waals surface area contributed by atoms with Crippen molar-refractivity contribution in [1.82, 2.24) is 25.1 Å². The number of carbonyl (C=O) groups is 2. The lowest BCUT2D eigenvalue weighted by Gasteiger charge is -2.18. The molecule has 2 aromatic rings. The topological polar surface area (TPSA) is 134 Å². The highest BCUT2D eigenvalue weighted by molar-refractivity contribution is 7.99. The number of rotatable bonds is 9. The number of hydrogen-bond acceptors (Lipinski definition) is 8. The predicted octanol–water partition coefficient (Wildman–Crippen LogP) is 2.63. The Morgan fingerprint density at radius 2 is 1.91 bits per heavy atom. The van der Waals surface area contributed by atoms with E-state index in [4.69, 9.17) is 4.42 Å². The molecule has 1 aliphatic rings. The van der Waals surface area contributed by atoms with Crippen molar-refractivity contribution in [2.75, 3.05) is 18.8 Å². The number of amides is 3. The number of carbonyl (C=O) groups excluding carboxylic acids is 2. The Kier molecular flexibility index (Phi) is 8.26. The molecule has 1 saturated carbocycles. The first kappa shape index (κ1) is 24.2. The SMILES string of the molecule is CCN(CC)S(=O)(=O)c1cccc(-c2nnc(SCC(=O)NC(=O)NC3CCCC3)o2)c1. The maximum absolute atomic E-state index is 12.7. The normalized spacial score (nSPS) is 14.6. The Labute approximate surface area is 191 Å². The molecule has 1 aromatic carbocycles. The summed E-state index contributed by atoms with van der Waals surface area (Å²) < 4.78 is 32.4. The molecule has 174 valence electrons. The molecule has 0 aliphatic heterocycles. The number of nitrogens with one attached hydrogen (secondary N) is 2. The quantitative estimate of drug-likeness (QED) is 0.522. The molecule has 1 aromatic heterocycles. The summed E-state index contributed by atoms with van der Waals surface area (Å²) in [5.41, 5.74) is 0.456. The monoisotopic (exact) mass is 481 g/mol. The van der Waals surface area contributed by atoms with Gasteiger partial charge in [-0.15, -0.1) is 10.2 Å². The number of benzene rings is 1. The van der Waals surface area contributed by atoms with Crippen LogP contribution in [0.2, 0.25) is 0 Å². The fraction of sp³-hybridized carbons (Fsp3) is 0.500. The molecule has 1 fully saturated rings. The summed E-state index contributed by atoms with van der Waals surface area (Å²) in [7, 11) is -3.62. The second-order valence-corrected chi connectivity index (χ2v) is 10.1. The first-order chi connectivity index (χ1) is 15.3. The van der Waals surface area contributed by atoms with Gasteiger partial charge in [-0.1, -0.05) is 44.5 Å². The van der Waals surface area contributed by atoms with Gasteiger partial charge in [0.25, 0.3) is 5.22 Å². The van der Waals surface area contributed by atoms with Crippen LogP contribution in [0.4, 0.5) is 4.79 Å². The lowest BCUT2D eigenvalue weighted by Crippen LogP contribution is -2.44. The van der Waals surface area contributed by atoms with Crippen LogP contribution in [-0.4, -0.2) is 59.7 Å². The smallest absolute Gasteiger partial charge is 0.321 e. The van der Waals surface area contributed by atoms with Crippen LogP contribution in [-0.2, 0) is 14.8 Å². The first-order valence-electron chi connectivity index (χ1n) is 10.5. The fourth-order valence-corrected chi connectivity index (χ4v) is 5.54. The summed E-state index contributed by atoms with van der Waals surface area (Å²) in [6.45, 7) is 4.29. The van der Waals surface area contributed by atoms with Gasteiger partial charge in [-0.25, -0.2) is 13.2 Å². The number of hydrogen-bond donors (Lipinski definition) is 2. The van der Waals surface area contributed by atoms with Crippen LogP contribution >= 0.6 is 11.8 Å². The zero-order valence-corrected chi connectivity index (χ0v) is 19.7. The van der Waals surface area contributed by atoms with Gasteiger partial charge < -0.3 is 9.73 Å². The molecule has 0 spiro atoms. The minimum atomic E-state index is -3.62. The minimum Gasteiger partial charge on any atom is -0.411 e. The van der Waals surface area contributed by atoms with Gasteiger partial charge in [-0.2, -0.15) is 4.31 Å². The zero-order valence-electron chi connectivity index (χ0n) is 18.0. The number of thioether (sulfide) groups is 1. The van der Waals surface area contributed by atoms with E-state index in [9.17, 15) is 18.0 Å². The van der Waals surface area contributed by atoms with Gasteiger partial charge >= 0.3 is 6.03 Å². The standard InChI is InChI=1S/C20H27N5O5S2/c1-3-25(4-2)32(28,29)16-11-7-8-14(12-16)18-23-24-20(30-18)31-13-17(26)22-19(27)21-15-9-5-6-10-15/h7-8,11-12,15H,3-6,9-10,13H2,1-2H3,(H2,21,22,26,27). The van der Waals surface area contributed by atoms with Crippen molar-refractivity contribution in [3.05, 3.63) is 24.3 Å². The Bertz CT molecular complexity index is 1050. The zero-order chi connectivity index (χ0) is 23.1. The van der Waals surface area contributed by atoms with Crippen molar-refractivity contribution < 1.29 is 22.4 Å². The van der Waals surface area contributed by atoms with E-state index in [0.717, 1.165) is 37.4 Å². The van der Waals surface area contributed by atoms with Gasteiger partial charge in [0.15, 0.2) is 0 Å². The first-order valence-corrected chi connectivity index (χ1v) is 12.9. The maximum Gasteiger partial charge on any atom is 0.321 e. The lowest BCUT2D eigenvalue weighted by molar-refractivity contribution is -0.117. The molecular formula is C20H27N5O5S2. The average molecular weight is 482 g/mol. The van der Waals surface area contributed by atoms with E-state index in [1.54, 1.807) is 26.0 Å². The molecular weight excluding hydrogens is 454 g/mol. The lowest BCUT2D eigenvalue weighted by atomic mass is 10.2. The van der Waals surface area contributed by atoms with E-state index in [1.807, 2.05) is 0 Å². The summed E-state index contributed by atoms with van der Waals surface area (Å²) in [4.78, 5) is 24.0. The van der Waals surface area contributed by atoms with Crippen molar-refractivity contribution in [3.8, 4) is 11.5 Å². The molecule has 0 bridgehead atoms. The van der Waals surface area contributed by atoms with Crippen LogP contribution in [0.15, 0.2) is 38.8 Å². The van der Waals surface area contributed by atoms with Crippen LogP contribution in [0.25, 0.3) is 11.5 Å². The molecule has 10 nitrogen and oxygen atoms in total. The van der Waals surface area contributed by atoms with E-state index < -0.39 is 22.0 Å². The average Bonchev–Trinajstić information content (AvgIpc) is 3.45. The molecule has 0 atom stereocenters. The highest BCUT2D eigenvalue weighted by Crippen LogP contribution is 2.26. The van der Waals surface area contributed by atoms with Crippen LogP contribution in [0.1, 0.15) is 39.5 Å². The Morgan fingerprint density at radius 1 is 1.19 bits per heavy atom. The van der Waals surface area contributed by atoms with Crippen LogP contribution in [0, 0.1) is 0 Å². The molecule has 3 amide bonds. The van der Waals surface area contributed by atoms with E-state index in [-0.39, 0.29) is 27.8 Å². The van der Waals surface area contributed by atoms with Gasteiger partial charge in [-0.05, 0) is 31.0 Å². The van der Waals surface area contributed by atoms with Gasteiger partial charge in [0.2, 0.25) is 21.8 Å². The Hall–Kier alpha value is -2.44. The van der Waals surface area contributed by atoms with Gasteiger partial charge in [0.05, 0.1) is 10.6 Å². The number of aromatic nitrogens is 2. The highest BCUT2D eigenvalue weighted by Gasteiger charge is 2.23. The van der Waals surface area contributed by atoms with Crippen LogP contribution < -0.4 is 10.6 Å². The Balaban J connectivity index is 1.58. The van der Waals surface area contributed by atoms with Gasteiger partial charge in [0.1, 0.15) is 0 Å². The van der Waals surface area contributed by atoms with Crippen molar-refractivity contribution in [2.24, 2.45) is 0 Å². The van der Waals surface area contributed by atoms with Gasteiger partial charge in [0, 0.05) is 24.7 Å². The van der Waals surface area contributed by atoms with Crippen LogP contribution in [0.3, 0.4) is 0 Å². The summed E-state index contributed by atoms with van der Waals surface area (Å²) >= 11 is 0.992. The number of sulfonamides is 1. The Morgan fingerprint density at radius 3 is 2.59 bits per heavy atom. The fourth-order valence-electron chi connectivity index (χ4n) is 3.47. The molecule has 0 radical (unpaired) electrons. The second-order valence-electron chi connectivity index (χ2n) is 7.28. The third kappa shape index (κ3) is 6.08. The van der Waals surface area contributed by atoms with E-state index in [2.05, 4.69) is 20.8 Å². The van der Waals surface area contributed by atoms with E-state index >= 15 is 0 Å².